The predicted molar refractivity (Wildman–Crippen MR) is 74.4 cm³/mol. The summed E-state index contributed by atoms with van der Waals surface area (Å²) in [7, 11) is 2.00. The molecule has 1 aromatic heterocycles. The number of carbonyl (C=O) groups is 1. The molecule has 1 heterocycles. The molecule has 0 radical (unpaired) electrons. The van der Waals surface area contributed by atoms with E-state index in [-0.39, 0.29) is 17.6 Å². The van der Waals surface area contributed by atoms with Crippen LogP contribution in [0, 0.1) is 0 Å². The number of nitrogens with zero attached hydrogens (tertiary/aromatic N) is 2. The van der Waals surface area contributed by atoms with Gasteiger partial charge in [-0.1, -0.05) is 0 Å². The fourth-order valence-corrected chi connectivity index (χ4v) is 1.72. The van der Waals surface area contributed by atoms with Gasteiger partial charge in [-0.15, -0.1) is 0 Å². The molecular weight excluding hydrogens is 226 g/mol. The van der Waals surface area contributed by atoms with Gasteiger partial charge in [0.1, 0.15) is 0 Å². The molecule has 102 valence electrons. The minimum Gasteiger partial charge on any atom is -0.353 e. The molecule has 0 bridgehead atoms. The quantitative estimate of drug-likeness (QED) is 0.881. The Balaban J connectivity index is 2.78. The number of aromatic nitrogens is 1. The first-order chi connectivity index (χ1) is 8.20. The van der Waals surface area contributed by atoms with Crippen LogP contribution in [0.15, 0.2) is 18.3 Å². The van der Waals surface area contributed by atoms with Crippen molar-refractivity contribution in [1.29, 1.82) is 0 Å². The normalized spacial score (nSPS) is 11.7. The van der Waals surface area contributed by atoms with Crippen LogP contribution in [-0.2, 0) is 13.6 Å². The second-order valence-corrected chi connectivity index (χ2v) is 6.01. The maximum Gasteiger partial charge on any atom is 0.318 e. The second-order valence-electron chi connectivity index (χ2n) is 6.01. The molecule has 4 nitrogen and oxygen atoms in total. The maximum absolute atomic E-state index is 12.2. The van der Waals surface area contributed by atoms with Crippen LogP contribution in [0.3, 0.4) is 0 Å². The summed E-state index contributed by atoms with van der Waals surface area (Å²) >= 11 is 0. The average Bonchev–Trinajstić information content (AvgIpc) is 2.57. The summed E-state index contributed by atoms with van der Waals surface area (Å²) in [5.41, 5.74) is 0.922. The van der Waals surface area contributed by atoms with Crippen LogP contribution in [0.4, 0.5) is 4.79 Å². The Hall–Kier alpha value is -1.45. The largest absolute Gasteiger partial charge is 0.353 e. The van der Waals surface area contributed by atoms with E-state index in [9.17, 15) is 4.79 Å². The number of urea groups is 1. The van der Waals surface area contributed by atoms with Crippen molar-refractivity contribution in [2.45, 2.75) is 52.7 Å². The first kappa shape index (κ1) is 14.6. The molecule has 0 unspecified atom stereocenters. The van der Waals surface area contributed by atoms with Crippen molar-refractivity contribution in [2.75, 3.05) is 0 Å². The van der Waals surface area contributed by atoms with Crippen molar-refractivity contribution in [3.8, 4) is 0 Å². The van der Waals surface area contributed by atoms with E-state index >= 15 is 0 Å². The third-order valence-corrected chi connectivity index (χ3v) is 2.75. The van der Waals surface area contributed by atoms with E-state index in [1.165, 1.54) is 0 Å². The van der Waals surface area contributed by atoms with Crippen LogP contribution in [0.25, 0.3) is 0 Å². The number of nitrogens with one attached hydrogen (secondary N) is 1. The highest BCUT2D eigenvalue weighted by molar-refractivity contribution is 5.75. The molecule has 1 rings (SSSR count). The van der Waals surface area contributed by atoms with Gasteiger partial charge < -0.3 is 14.8 Å². The van der Waals surface area contributed by atoms with Gasteiger partial charge in [-0.05, 0) is 46.8 Å². The molecule has 2 amide bonds. The lowest BCUT2D eigenvalue weighted by molar-refractivity contribution is 0.169. The number of carbonyl (C=O) groups excluding carboxylic acids is 1. The van der Waals surface area contributed by atoms with Crippen molar-refractivity contribution >= 4 is 6.03 Å². The topological polar surface area (TPSA) is 37.3 Å². The minimum atomic E-state index is -0.210. The zero-order chi connectivity index (χ0) is 13.9. The molecule has 18 heavy (non-hydrogen) atoms. The SMILES string of the molecule is CC(C)N(Cc1cccn1C)C(=O)NC(C)(C)C. The Labute approximate surface area is 110 Å². The van der Waals surface area contributed by atoms with Gasteiger partial charge in [0.2, 0.25) is 0 Å². The molecule has 0 atom stereocenters. The number of hydrogen-bond acceptors (Lipinski definition) is 1. The lowest BCUT2D eigenvalue weighted by atomic mass is 10.1. The van der Waals surface area contributed by atoms with Crippen LogP contribution >= 0.6 is 0 Å². The summed E-state index contributed by atoms with van der Waals surface area (Å²) in [6.07, 6.45) is 2.00. The highest BCUT2D eigenvalue weighted by Gasteiger charge is 2.22. The summed E-state index contributed by atoms with van der Waals surface area (Å²) in [6.45, 7) is 10.7. The van der Waals surface area contributed by atoms with Gasteiger partial charge in [0.25, 0.3) is 0 Å². The van der Waals surface area contributed by atoms with Gasteiger partial charge in [-0.3, -0.25) is 0 Å². The molecular formula is C14H25N3O. The Morgan fingerprint density at radius 3 is 2.44 bits per heavy atom. The molecule has 0 aromatic carbocycles. The molecule has 0 aliphatic carbocycles. The lowest BCUT2D eigenvalue weighted by Gasteiger charge is -2.31. The van der Waals surface area contributed by atoms with Gasteiger partial charge in [-0.2, -0.15) is 0 Å². The van der Waals surface area contributed by atoms with Crippen molar-refractivity contribution in [3.63, 3.8) is 0 Å². The van der Waals surface area contributed by atoms with Crippen molar-refractivity contribution in [1.82, 2.24) is 14.8 Å². The highest BCUT2D eigenvalue weighted by Crippen LogP contribution is 2.10. The zero-order valence-electron chi connectivity index (χ0n) is 12.3. The molecule has 0 aliphatic heterocycles. The summed E-state index contributed by atoms with van der Waals surface area (Å²) in [4.78, 5) is 14.1. The zero-order valence-corrected chi connectivity index (χ0v) is 12.3. The van der Waals surface area contributed by atoms with E-state index in [2.05, 4.69) is 5.32 Å². The van der Waals surface area contributed by atoms with E-state index in [0.717, 1.165) is 5.69 Å². The summed E-state index contributed by atoms with van der Waals surface area (Å²) in [6, 6.07) is 4.19. The average molecular weight is 251 g/mol. The molecule has 4 heteroatoms. The Bertz CT molecular complexity index is 401. The number of aryl methyl sites for hydroxylation is 1. The second kappa shape index (κ2) is 5.46. The van der Waals surface area contributed by atoms with Gasteiger partial charge in [0, 0.05) is 30.5 Å². The minimum absolute atomic E-state index is 0.0151. The molecule has 0 saturated heterocycles. The summed E-state index contributed by atoms with van der Waals surface area (Å²) in [5, 5.41) is 3.01. The first-order valence-corrected chi connectivity index (χ1v) is 6.39. The Kier molecular flexibility index (Phi) is 4.43. The standard InChI is InChI=1S/C14H25N3O/c1-11(2)17(13(18)15-14(3,4)5)10-12-8-7-9-16(12)6/h7-9,11H,10H2,1-6H3,(H,15,18). The fraction of sp³-hybridized carbons (Fsp3) is 0.643. The molecule has 1 N–H and O–H groups in total. The molecule has 1 aromatic rings. The Morgan fingerprint density at radius 1 is 1.44 bits per heavy atom. The lowest BCUT2D eigenvalue weighted by Crippen LogP contribution is -2.50. The summed E-state index contributed by atoms with van der Waals surface area (Å²) in [5.74, 6) is 0. The van der Waals surface area contributed by atoms with Crippen LogP contribution in [0.1, 0.15) is 40.3 Å². The Morgan fingerprint density at radius 2 is 2.06 bits per heavy atom. The first-order valence-electron chi connectivity index (χ1n) is 6.39. The van der Waals surface area contributed by atoms with Crippen LogP contribution in [0.2, 0.25) is 0 Å². The molecule has 0 aliphatic rings. The van der Waals surface area contributed by atoms with E-state index in [4.69, 9.17) is 0 Å². The van der Waals surface area contributed by atoms with Crippen LogP contribution < -0.4 is 5.32 Å². The van der Waals surface area contributed by atoms with Crippen molar-refractivity contribution in [3.05, 3.63) is 24.0 Å². The third kappa shape index (κ3) is 4.09. The summed E-state index contributed by atoms with van der Waals surface area (Å²) < 4.78 is 2.04. The fourth-order valence-electron chi connectivity index (χ4n) is 1.72. The third-order valence-electron chi connectivity index (χ3n) is 2.75. The number of rotatable bonds is 3. The molecule has 0 saturated carbocycles. The van der Waals surface area contributed by atoms with E-state index in [1.54, 1.807) is 0 Å². The van der Waals surface area contributed by atoms with Gasteiger partial charge in [0.15, 0.2) is 0 Å². The van der Waals surface area contributed by atoms with Crippen LogP contribution in [-0.4, -0.2) is 27.1 Å². The maximum atomic E-state index is 12.2. The monoisotopic (exact) mass is 251 g/mol. The van der Waals surface area contributed by atoms with Crippen molar-refractivity contribution < 1.29 is 4.79 Å². The predicted octanol–water partition coefficient (Wildman–Crippen LogP) is 2.74. The number of amides is 2. The molecule has 0 spiro atoms. The van der Waals surface area contributed by atoms with Gasteiger partial charge >= 0.3 is 6.03 Å². The van der Waals surface area contributed by atoms with Crippen molar-refractivity contribution in [2.24, 2.45) is 7.05 Å². The van der Waals surface area contributed by atoms with E-state index in [1.807, 2.05) is 69.5 Å². The van der Waals surface area contributed by atoms with Gasteiger partial charge in [0.05, 0.1) is 6.54 Å². The van der Waals surface area contributed by atoms with E-state index in [0.29, 0.717) is 6.54 Å². The van der Waals surface area contributed by atoms with Gasteiger partial charge in [-0.25, -0.2) is 4.79 Å². The smallest absolute Gasteiger partial charge is 0.318 e. The molecule has 0 fully saturated rings. The van der Waals surface area contributed by atoms with E-state index < -0.39 is 0 Å². The number of hydrogen-bond donors (Lipinski definition) is 1. The highest BCUT2D eigenvalue weighted by atomic mass is 16.2. The van der Waals surface area contributed by atoms with Crippen LogP contribution in [0.5, 0.6) is 0 Å².